The Balaban J connectivity index is 1.75. The van der Waals surface area contributed by atoms with Gasteiger partial charge in [0, 0.05) is 23.3 Å². The summed E-state index contributed by atoms with van der Waals surface area (Å²) in [6.45, 7) is -0.483. The van der Waals surface area contributed by atoms with Crippen molar-refractivity contribution in [1.29, 1.82) is 0 Å². The van der Waals surface area contributed by atoms with E-state index in [2.05, 4.69) is 11.8 Å². The van der Waals surface area contributed by atoms with E-state index in [4.69, 9.17) is 4.74 Å². The molecule has 3 aromatic rings. The van der Waals surface area contributed by atoms with Crippen LogP contribution in [0.2, 0.25) is 0 Å². The minimum absolute atomic E-state index is 0.328. The van der Waals surface area contributed by atoms with E-state index in [0.29, 0.717) is 22.8 Å². The first-order chi connectivity index (χ1) is 14.4. The van der Waals surface area contributed by atoms with Crippen LogP contribution in [-0.4, -0.2) is 28.8 Å². The van der Waals surface area contributed by atoms with E-state index < -0.39 is 6.97 Å². The average Bonchev–Trinajstić information content (AvgIpc) is 3.22. The maximum absolute atomic E-state index is 15.9. The first kappa shape index (κ1) is 18.4. The maximum Gasteiger partial charge on any atom is 0.738 e. The van der Waals surface area contributed by atoms with Crippen LogP contribution in [0.1, 0.15) is 33.6 Å². The number of aromatic nitrogens is 1. The molecule has 0 spiro atoms. The van der Waals surface area contributed by atoms with Gasteiger partial charge in [0.05, 0.1) is 18.2 Å². The lowest BCUT2D eigenvalue weighted by molar-refractivity contribution is -0.316. The van der Waals surface area contributed by atoms with Gasteiger partial charge < -0.3 is 22.3 Å². The molecule has 5 rings (SSSR count). The molecule has 1 aromatic heterocycles. The second-order valence-electron chi connectivity index (χ2n) is 7.58. The molecular formula is C24H19BF2N2O. The molecular weight excluding hydrogens is 381 g/mol. The number of nitrogens with zero attached hydrogens (tertiary/aromatic N) is 2. The van der Waals surface area contributed by atoms with Gasteiger partial charge in [-0.2, -0.15) is 0 Å². The first-order valence-electron chi connectivity index (χ1n) is 9.76. The largest absolute Gasteiger partial charge is 0.738 e. The van der Waals surface area contributed by atoms with Crippen LogP contribution in [-0.2, 0) is 0 Å². The molecule has 30 heavy (non-hydrogen) atoms. The molecule has 2 aromatic carbocycles. The molecule has 0 unspecified atom stereocenters. The highest BCUT2D eigenvalue weighted by molar-refractivity contribution is 6.59. The molecule has 0 saturated heterocycles. The normalized spacial score (nSPS) is 15.6. The summed E-state index contributed by atoms with van der Waals surface area (Å²) in [5.74, 6) is 6.81. The number of aryl methyl sites for hydroxylation is 2. The van der Waals surface area contributed by atoms with Crippen molar-refractivity contribution in [3.8, 4) is 17.6 Å². The van der Waals surface area contributed by atoms with Crippen molar-refractivity contribution in [2.75, 3.05) is 7.11 Å². The predicted molar refractivity (Wildman–Crippen MR) is 116 cm³/mol. The highest BCUT2D eigenvalue weighted by atomic mass is 19.2. The van der Waals surface area contributed by atoms with E-state index in [1.54, 1.807) is 32.2 Å². The number of methoxy groups -OCH3 is 1. The van der Waals surface area contributed by atoms with E-state index >= 15 is 8.63 Å². The zero-order valence-corrected chi connectivity index (χ0v) is 16.9. The van der Waals surface area contributed by atoms with E-state index in [1.807, 2.05) is 49.4 Å². The second-order valence-corrected chi connectivity index (χ2v) is 7.58. The van der Waals surface area contributed by atoms with Gasteiger partial charge in [0.25, 0.3) is 0 Å². The third-order valence-corrected chi connectivity index (χ3v) is 5.74. The van der Waals surface area contributed by atoms with Crippen molar-refractivity contribution in [3.63, 3.8) is 0 Å². The zero-order valence-electron chi connectivity index (χ0n) is 16.9. The molecule has 0 radical (unpaired) electrons. The summed E-state index contributed by atoms with van der Waals surface area (Å²) in [5.41, 5.74) is 5.02. The summed E-state index contributed by atoms with van der Waals surface area (Å²) in [7, 11) is 1.60. The van der Waals surface area contributed by atoms with Gasteiger partial charge in [0.2, 0.25) is 5.71 Å². The lowest BCUT2D eigenvalue weighted by Crippen LogP contribution is -2.50. The molecule has 148 valence electrons. The topological polar surface area (TPSA) is 17.2 Å². The molecule has 0 saturated carbocycles. The van der Waals surface area contributed by atoms with Crippen molar-refractivity contribution in [2.45, 2.75) is 13.8 Å². The standard InChI is InChI=1S/C24H19BF2N2O/c1-16-14-17(2)28-23(16)15-24-21-7-5-4-6-20(21)22(29(24)25(28,26)27)13-10-18-8-11-19(30-3)12-9-18/h4-9,11-12,14-15H,1-3H3. The Morgan fingerprint density at radius 3 is 2.37 bits per heavy atom. The number of ether oxygens (including phenoxy) is 1. The molecule has 3 heterocycles. The van der Waals surface area contributed by atoms with Crippen LogP contribution in [0, 0.1) is 25.7 Å². The van der Waals surface area contributed by atoms with E-state index in [-0.39, 0.29) is 0 Å². The van der Waals surface area contributed by atoms with Gasteiger partial charge in [-0.1, -0.05) is 18.1 Å². The van der Waals surface area contributed by atoms with Gasteiger partial charge in [-0.15, -0.1) is 0 Å². The molecule has 0 N–H and O–H groups in total. The van der Waals surface area contributed by atoms with Gasteiger partial charge in [0.15, 0.2) is 5.70 Å². The molecule has 2 aliphatic rings. The maximum atomic E-state index is 15.9. The van der Waals surface area contributed by atoms with Crippen LogP contribution in [0.5, 0.6) is 5.75 Å². The Morgan fingerprint density at radius 2 is 1.67 bits per heavy atom. The predicted octanol–water partition coefficient (Wildman–Crippen LogP) is 4.71. The fourth-order valence-electron chi connectivity index (χ4n) is 4.37. The van der Waals surface area contributed by atoms with Crippen LogP contribution >= 0.6 is 0 Å². The molecule has 0 aliphatic carbocycles. The monoisotopic (exact) mass is 400 g/mol. The van der Waals surface area contributed by atoms with Gasteiger partial charge in [0.1, 0.15) is 5.75 Å². The fourth-order valence-corrected chi connectivity index (χ4v) is 4.37. The van der Waals surface area contributed by atoms with Crippen molar-refractivity contribution in [2.24, 2.45) is 0 Å². The molecule has 0 amide bonds. The van der Waals surface area contributed by atoms with Crippen LogP contribution in [0.4, 0.5) is 8.63 Å². The summed E-state index contributed by atoms with van der Waals surface area (Å²) in [4.78, 5) is 0. The Hall–Kier alpha value is -3.59. The number of benzene rings is 2. The van der Waals surface area contributed by atoms with Gasteiger partial charge in [-0.05, 0) is 67.6 Å². The quantitative estimate of drug-likeness (QED) is 0.427. The van der Waals surface area contributed by atoms with Crippen LogP contribution < -0.4 is 4.74 Å². The number of hydrogen-bond donors (Lipinski definition) is 0. The third kappa shape index (κ3) is 2.55. The smallest absolute Gasteiger partial charge is 0.497 e. The minimum Gasteiger partial charge on any atom is -0.497 e. The number of hydrogen-bond acceptors (Lipinski definition) is 1. The fraction of sp³-hybridized carbons (Fsp3) is 0.125. The molecule has 2 aliphatic heterocycles. The Kier molecular flexibility index (Phi) is 3.97. The minimum atomic E-state index is -4.07. The lowest BCUT2D eigenvalue weighted by Gasteiger charge is -2.29. The number of halogens is 2. The summed E-state index contributed by atoms with van der Waals surface area (Å²) in [6, 6.07) is 16.5. The van der Waals surface area contributed by atoms with E-state index in [9.17, 15) is 0 Å². The van der Waals surface area contributed by atoms with Gasteiger partial charge in [-0.3, -0.25) is 0 Å². The van der Waals surface area contributed by atoms with Crippen molar-refractivity contribution in [1.82, 2.24) is 4.48 Å². The highest BCUT2D eigenvalue weighted by Gasteiger charge is 2.55. The zero-order chi connectivity index (χ0) is 21.0. The van der Waals surface area contributed by atoms with Crippen molar-refractivity contribution >= 4 is 24.5 Å². The number of fused-ring (bicyclic) bond motifs is 4. The van der Waals surface area contributed by atoms with E-state index in [0.717, 1.165) is 37.0 Å². The molecule has 3 nitrogen and oxygen atoms in total. The van der Waals surface area contributed by atoms with Crippen molar-refractivity contribution in [3.05, 3.63) is 88.2 Å². The first-order valence-corrected chi connectivity index (χ1v) is 9.76. The second kappa shape index (κ2) is 6.46. The van der Waals surface area contributed by atoms with Crippen LogP contribution in [0.15, 0.2) is 54.6 Å². The lowest BCUT2D eigenvalue weighted by atomic mass is 9.90. The number of rotatable bonds is 1. The van der Waals surface area contributed by atoms with Crippen molar-refractivity contribution < 1.29 is 17.9 Å². The summed E-state index contributed by atoms with van der Waals surface area (Å²) in [6.07, 6.45) is 1.85. The third-order valence-electron chi connectivity index (χ3n) is 5.74. The van der Waals surface area contributed by atoms with E-state index in [1.165, 1.54) is 0 Å². The Bertz CT molecular complexity index is 1320. The highest BCUT2D eigenvalue weighted by Crippen LogP contribution is 2.40. The summed E-state index contributed by atoms with van der Waals surface area (Å²) < 4.78 is 39.2. The summed E-state index contributed by atoms with van der Waals surface area (Å²) in [5, 5.41) is 0. The van der Waals surface area contributed by atoms with Crippen LogP contribution in [0.25, 0.3) is 11.8 Å². The van der Waals surface area contributed by atoms with Crippen LogP contribution in [0.3, 0.4) is 0 Å². The Morgan fingerprint density at radius 1 is 0.967 bits per heavy atom. The molecule has 0 bridgehead atoms. The van der Waals surface area contributed by atoms with Gasteiger partial charge >= 0.3 is 6.97 Å². The molecule has 6 heteroatoms. The molecule has 0 atom stereocenters. The SMILES string of the molecule is COc1ccc(C#CC2=[N+]3C(=Cc4c(C)cc(C)n4[B-]3(F)F)c3ccccc32)cc1. The summed E-state index contributed by atoms with van der Waals surface area (Å²) >= 11 is 0. The Labute approximate surface area is 174 Å². The van der Waals surface area contributed by atoms with Gasteiger partial charge in [-0.25, -0.2) is 0 Å². The molecule has 0 fully saturated rings. The average molecular weight is 400 g/mol.